The van der Waals surface area contributed by atoms with E-state index in [1.165, 1.54) is 32.1 Å². The van der Waals surface area contributed by atoms with Crippen molar-refractivity contribution in [2.24, 2.45) is 10.9 Å². The predicted octanol–water partition coefficient (Wildman–Crippen LogP) is 1.76. The average Bonchev–Trinajstić information content (AvgIpc) is 3.40. The van der Waals surface area contributed by atoms with Gasteiger partial charge in [-0.3, -0.25) is 9.79 Å². The third kappa shape index (κ3) is 7.51. The Kier molecular flexibility index (Phi) is 8.36. The maximum atomic E-state index is 12.0. The van der Waals surface area contributed by atoms with Gasteiger partial charge in [0.1, 0.15) is 0 Å². The van der Waals surface area contributed by atoms with Crippen LogP contribution in [0.2, 0.25) is 0 Å². The zero-order chi connectivity index (χ0) is 17.2. The van der Waals surface area contributed by atoms with Crippen molar-refractivity contribution in [1.82, 2.24) is 15.5 Å². The summed E-state index contributed by atoms with van der Waals surface area (Å²) in [6, 6.07) is 0.386. The molecule has 0 aromatic carbocycles. The molecule has 24 heavy (non-hydrogen) atoms. The van der Waals surface area contributed by atoms with Crippen LogP contribution >= 0.6 is 0 Å². The second kappa shape index (κ2) is 10.5. The van der Waals surface area contributed by atoms with E-state index in [2.05, 4.69) is 15.6 Å². The molecule has 0 aromatic heterocycles. The summed E-state index contributed by atoms with van der Waals surface area (Å²) in [5.41, 5.74) is 0. The maximum absolute atomic E-state index is 12.0. The smallest absolute Gasteiger partial charge is 0.221 e. The van der Waals surface area contributed by atoms with E-state index in [-0.39, 0.29) is 5.91 Å². The lowest BCUT2D eigenvalue weighted by molar-refractivity contribution is -0.121. The molecular formula is C18H34N4O2. The topological polar surface area (TPSA) is 66.0 Å². The van der Waals surface area contributed by atoms with Crippen molar-refractivity contribution >= 4 is 11.9 Å². The van der Waals surface area contributed by atoms with Gasteiger partial charge >= 0.3 is 0 Å². The van der Waals surface area contributed by atoms with Crippen molar-refractivity contribution in [2.75, 3.05) is 40.4 Å². The Bertz CT molecular complexity index is 404. The van der Waals surface area contributed by atoms with E-state index in [1.807, 2.05) is 11.9 Å². The highest BCUT2D eigenvalue weighted by atomic mass is 16.5. The van der Waals surface area contributed by atoms with E-state index in [4.69, 9.17) is 4.74 Å². The van der Waals surface area contributed by atoms with Gasteiger partial charge in [-0.05, 0) is 31.6 Å². The number of hydrogen-bond acceptors (Lipinski definition) is 3. The Hall–Kier alpha value is -1.30. The third-order valence-electron chi connectivity index (χ3n) is 4.80. The lowest BCUT2D eigenvalue weighted by atomic mass is 9.95. The normalized spacial score (nSPS) is 19.2. The number of carbonyl (C=O) groups excluding carboxylic acids is 1. The summed E-state index contributed by atoms with van der Waals surface area (Å²) < 4.78 is 5.66. The van der Waals surface area contributed by atoms with Gasteiger partial charge in [0.05, 0.1) is 6.61 Å². The molecule has 2 saturated carbocycles. The maximum Gasteiger partial charge on any atom is 0.221 e. The Morgan fingerprint density at radius 2 is 1.96 bits per heavy atom. The van der Waals surface area contributed by atoms with Gasteiger partial charge in [0.2, 0.25) is 5.91 Å². The van der Waals surface area contributed by atoms with Crippen molar-refractivity contribution < 1.29 is 9.53 Å². The first kappa shape index (κ1) is 19.0. The number of nitrogens with zero attached hydrogens (tertiary/aromatic N) is 2. The molecule has 6 heteroatoms. The standard InChI is InChI=1S/C18H34N4O2/c1-19-18(22(2)12-13-24-14-15-8-9-15)20-11-10-17(23)21-16-6-4-3-5-7-16/h15-16H,3-14H2,1-2H3,(H,19,20)(H,21,23). The van der Waals surface area contributed by atoms with Gasteiger partial charge in [-0.25, -0.2) is 0 Å². The fourth-order valence-corrected chi connectivity index (χ4v) is 3.06. The van der Waals surface area contributed by atoms with Gasteiger partial charge < -0.3 is 20.3 Å². The van der Waals surface area contributed by atoms with Crippen molar-refractivity contribution in [1.29, 1.82) is 0 Å². The number of aliphatic imine (C=N–C) groups is 1. The summed E-state index contributed by atoms with van der Waals surface area (Å²) in [6.07, 6.45) is 9.17. The number of amides is 1. The van der Waals surface area contributed by atoms with Gasteiger partial charge in [-0.2, -0.15) is 0 Å². The zero-order valence-electron chi connectivity index (χ0n) is 15.4. The quantitative estimate of drug-likeness (QED) is 0.382. The average molecular weight is 338 g/mol. The van der Waals surface area contributed by atoms with Crippen LogP contribution in [0.25, 0.3) is 0 Å². The van der Waals surface area contributed by atoms with Gasteiger partial charge in [-0.15, -0.1) is 0 Å². The first-order valence-corrected chi connectivity index (χ1v) is 9.48. The minimum atomic E-state index is 0.139. The number of rotatable bonds is 9. The van der Waals surface area contributed by atoms with E-state index in [0.717, 1.165) is 44.5 Å². The number of guanidine groups is 1. The summed E-state index contributed by atoms with van der Waals surface area (Å²) in [7, 11) is 3.77. The fourth-order valence-electron chi connectivity index (χ4n) is 3.06. The number of carbonyl (C=O) groups is 1. The van der Waals surface area contributed by atoms with Crippen LogP contribution in [0, 0.1) is 5.92 Å². The molecule has 0 atom stereocenters. The number of ether oxygens (including phenoxy) is 1. The Balaban J connectivity index is 1.54. The molecule has 2 rings (SSSR count). The summed E-state index contributed by atoms with van der Waals surface area (Å²) >= 11 is 0. The molecule has 6 nitrogen and oxygen atoms in total. The Morgan fingerprint density at radius 3 is 2.62 bits per heavy atom. The molecule has 0 bridgehead atoms. The van der Waals surface area contributed by atoms with Crippen molar-refractivity contribution in [2.45, 2.75) is 57.4 Å². The van der Waals surface area contributed by atoms with Crippen LogP contribution in [-0.4, -0.2) is 63.2 Å². The molecule has 2 N–H and O–H groups in total. The minimum absolute atomic E-state index is 0.139. The van der Waals surface area contributed by atoms with Gasteiger partial charge in [0.25, 0.3) is 0 Å². The molecule has 0 aliphatic heterocycles. The van der Waals surface area contributed by atoms with Crippen LogP contribution < -0.4 is 10.6 Å². The summed E-state index contributed by atoms with van der Waals surface area (Å²) in [5, 5.41) is 6.40. The van der Waals surface area contributed by atoms with Crippen LogP contribution in [0.4, 0.5) is 0 Å². The van der Waals surface area contributed by atoms with Crippen LogP contribution in [-0.2, 0) is 9.53 Å². The molecular weight excluding hydrogens is 304 g/mol. The Morgan fingerprint density at radius 1 is 1.21 bits per heavy atom. The van der Waals surface area contributed by atoms with E-state index < -0.39 is 0 Å². The molecule has 0 saturated heterocycles. The van der Waals surface area contributed by atoms with Crippen LogP contribution in [0.3, 0.4) is 0 Å². The molecule has 138 valence electrons. The molecule has 0 heterocycles. The molecule has 2 aliphatic rings. The summed E-state index contributed by atoms with van der Waals surface area (Å²) in [5.74, 6) is 1.76. The largest absolute Gasteiger partial charge is 0.379 e. The van der Waals surface area contributed by atoms with E-state index in [9.17, 15) is 4.79 Å². The monoisotopic (exact) mass is 338 g/mol. The zero-order valence-corrected chi connectivity index (χ0v) is 15.4. The van der Waals surface area contributed by atoms with E-state index in [1.54, 1.807) is 7.05 Å². The van der Waals surface area contributed by atoms with Crippen LogP contribution in [0.5, 0.6) is 0 Å². The number of likely N-dealkylation sites (N-methyl/N-ethyl adjacent to an activating group) is 1. The highest BCUT2D eigenvalue weighted by Gasteiger charge is 2.21. The van der Waals surface area contributed by atoms with Crippen LogP contribution in [0.15, 0.2) is 4.99 Å². The van der Waals surface area contributed by atoms with E-state index >= 15 is 0 Å². The highest BCUT2D eigenvalue weighted by Crippen LogP contribution is 2.28. The first-order chi connectivity index (χ1) is 11.7. The first-order valence-electron chi connectivity index (χ1n) is 9.48. The summed E-state index contributed by atoms with van der Waals surface area (Å²) in [6.45, 7) is 3.02. The third-order valence-corrected chi connectivity index (χ3v) is 4.80. The van der Waals surface area contributed by atoms with Crippen molar-refractivity contribution in [3.63, 3.8) is 0 Å². The number of hydrogen-bond donors (Lipinski definition) is 2. The lowest BCUT2D eigenvalue weighted by Crippen LogP contribution is -2.43. The second-order valence-electron chi connectivity index (χ2n) is 7.07. The SMILES string of the molecule is CN=C(NCCC(=O)NC1CCCCC1)N(C)CCOCC1CC1. The van der Waals surface area contributed by atoms with Crippen LogP contribution in [0.1, 0.15) is 51.4 Å². The molecule has 2 aliphatic carbocycles. The molecule has 0 radical (unpaired) electrons. The minimum Gasteiger partial charge on any atom is -0.379 e. The molecule has 1 amide bonds. The molecule has 0 unspecified atom stereocenters. The molecule has 0 spiro atoms. The van der Waals surface area contributed by atoms with Crippen molar-refractivity contribution in [3.05, 3.63) is 0 Å². The van der Waals surface area contributed by atoms with E-state index in [0.29, 0.717) is 19.0 Å². The molecule has 0 aromatic rings. The summed E-state index contributed by atoms with van der Waals surface area (Å²) in [4.78, 5) is 18.3. The lowest BCUT2D eigenvalue weighted by Gasteiger charge is -2.24. The van der Waals surface area contributed by atoms with Gasteiger partial charge in [0, 0.05) is 46.3 Å². The van der Waals surface area contributed by atoms with Crippen molar-refractivity contribution in [3.8, 4) is 0 Å². The van der Waals surface area contributed by atoms with Gasteiger partial charge in [0.15, 0.2) is 5.96 Å². The van der Waals surface area contributed by atoms with Gasteiger partial charge in [-0.1, -0.05) is 19.3 Å². The number of nitrogens with one attached hydrogen (secondary N) is 2. The molecule has 2 fully saturated rings. The fraction of sp³-hybridized carbons (Fsp3) is 0.889. The predicted molar refractivity (Wildman–Crippen MR) is 97.2 cm³/mol. The highest BCUT2D eigenvalue weighted by molar-refractivity contribution is 5.81. The second-order valence-corrected chi connectivity index (χ2v) is 7.07. The Labute approximate surface area is 146 Å².